The van der Waals surface area contributed by atoms with Gasteiger partial charge in [0.1, 0.15) is 16.5 Å². The number of carbonyl (C=O) groups excluding carboxylic acids is 2. The van der Waals surface area contributed by atoms with Crippen molar-refractivity contribution in [3.05, 3.63) is 24.0 Å². The summed E-state index contributed by atoms with van der Waals surface area (Å²) in [5.41, 5.74) is 0. The van der Waals surface area contributed by atoms with E-state index in [1.54, 1.807) is 0 Å². The summed E-state index contributed by atoms with van der Waals surface area (Å²) in [6.45, 7) is 0.0534. The number of hydrogen-bond acceptors (Lipinski definition) is 5. The Kier molecular flexibility index (Phi) is 3.23. The first kappa shape index (κ1) is 15.5. The highest BCUT2D eigenvalue weighted by molar-refractivity contribution is 7.89. The van der Waals surface area contributed by atoms with Gasteiger partial charge in [-0.1, -0.05) is 0 Å². The fourth-order valence-corrected chi connectivity index (χ4v) is 5.02. The Morgan fingerprint density at radius 2 is 1.79 bits per heavy atom. The summed E-state index contributed by atoms with van der Waals surface area (Å²) in [5.74, 6) is -1.44. The SMILES string of the molecule is COc1ccc(F)cc1S(=O)(=O)N1CC(N2C(=O)C3CC3C2=O)C1. The molecule has 3 aliphatic rings. The van der Waals surface area contributed by atoms with Gasteiger partial charge in [-0.15, -0.1) is 0 Å². The zero-order valence-electron chi connectivity index (χ0n) is 12.8. The van der Waals surface area contributed by atoms with E-state index in [0.29, 0.717) is 6.42 Å². The van der Waals surface area contributed by atoms with E-state index in [1.807, 2.05) is 0 Å². The molecule has 0 radical (unpaired) electrons. The van der Waals surface area contributed by atoms with Gasteiger partial charge in [-0.3, -0.25) is 14.5 Å². The molecule has 0 N–H and O–H groups in total. The highest BCUT2D eigenvalue weighted by atomic mass is 32.2. The molecule has 2 atom stereocenters. The third-order valence-corrected chi connectivity index (χ3v) is 6.69. The largest absolute Gasteiger partial charge is 0.495 e. The zero-order chi connectivity index (χ0) is 17.2. The third-order valence-electron chi connectivity index (χ3n) is 4.84. The van der Waals surface area contributed by atoms with Gasteiger partial charge in [0, 0.05) is 13.1 Å². The molecule has 128 valence electrons. The maximum atomic E-state index is 13.4. The van der Waals surface area contributed by atoms with Crippen molar-refractivity contribution in [2.75, 3.05) is 20.2 Å². The van der Waals surface area contributed by atoms with Crippen LogP contribution in [0.5, 0.6) is 5.75 Å². The van der Waals surface area contributed by atoms with Gasteiger partial charge in [-0.25, -0.2) is 12.8 Å². The summed E-state index contributed by atoms with van der Waals surface area (Å²) < 4.78 is 44.8. The van der Waals surface area contributed by atoms with Crippen molar-refractivity contribution in [1.82, 2.24) is 9.21 Å². The molecule has 9 heteroatoms. The third kappa shape index (κ3) is 2.07. The first-order chi connectivity index (χ1) is 11.3. The summed E-state index contributed by atoms with van der Waals surface area (Å²) >= 11 is 0. The lowest BCUT2D eigenvalue weighted by molar-refractivity contribution is -0.146. The van der Waals surface area contributed by atoms with Gasteiger partial charge in [0.2, 0.25) is 21.8 Å². The van der Waals surface area contributed by atoms with Gasteiger partial charge in [0.15, 0.2) is 0 Å². The van der Waals surface area contributed by atoms with Gasteiger partial charge in [0.05, 0.1) is 25.0 Å². The second-order valence-corrected chi connectivity index (χ2v) is 8.17. The predicted octanol–water partition coefficient (Wildman–Crippen LogP) is 0.212. The summed E-state index contributed by atoms with van der Waals surface area (Å²) in [7, 11) is -2.64. The Hall–Kier alpha value is -2.00. The van der Waals surface area contributed by atoms with Crippen molar-refractivity contribution in [3.8, 4) is 5.75 Å². The van der Waals surface area contributed by atoms with E-state index in [2.05, 4.69) is 0 Å². The number of hydrogen-bond donors (Lipinski definition) is 0. The molecule has 2 heterocycles. The monoisotopic (exact) mass is 354 g/mol. The molecular weight excluding hydrogens is 339 g/mol. The van der Waals surface area contributed by atoms with Crippen LogP contribution in [0, 0.1) is 17.7 Å². The number of amides is 2. The minimum Gasteiger partial charge on any atom is -0.495 e. The molecule has 0 aromatic heterocycles. The van der Waals surface area contributed by atoms with Crippen LogP contribution in [0.25, 0.3) is 0 Å². The smallest absolute Gasteiger partial charge is 0.247 e. The fourth-order valence-electron chi connectivity index (χ4n) is 3.33. The summed E-state index contributed by atoms with van der Waals surface area (Å²) in [4.78, 5) is 25.0. The maximum absolute atomic E-state index is 13.4. The fraction of sp³-hybridized carbons (Fsp3) is 0.467. The first-order valence-electron chi connectivity index (χ1n) is 7.55. The minimum absolute atomic E-state index is 0.0267. The number of likely N-dealkylation sites (tertiary alicyclic amines) is 1. The van der Waals surface area contributed by atoms with Crippen LogP contribution < -0.4 is 4.74 Å². The molecule has 2 amide bonds. The predicted molar refractivity (Wildman–Crippen MR) is 78.9 cm³/mol. The number of rotatable bonds is 4. The Morgan fingerprint density at radius 1 is 1.17 bits per heavy atom. The maximum Gasteiger partial charge on any atom is 0.247 e. The summed E-state index contributed by atoms with van der Waals surface area (Å²) in [6, 6.07) is 2.83. The van der Waals surface area contributed by atoms with Crippen LogP contribution >= 0.6 is 0 Å². The second kappa shape index (κ2) is 5.00. The molecule has 0 bridgehead atoms. The standard InChI is InChI=1S/C15H15FN2O5S/c1-23-12-3-2-8(16)4-13(12)24(21,22)17-6-9(7-17)18-14(19)10-5-11(10)15(18)20/h2-4,9-11H,5-7H2,1H3. The van der Waals surface area contributed by atoms with Crippen molar-refractivity contribution < 1.29 is 27.1 Å². The number of fused-ring (bicyclic) bond motifs is 1. The Balaban J connectivity index is 1.53. The molecule has 0 spiro atoms. The Morgan fingerprint density at radius 3 is 2.38 bits per heavy atom. The number of imide groups is 1. The van der Waals surface area contributed by atoms with Gasteiger partial charge in [-0.2, -0.15) is 4.31 Å². The number of methoxy groups -OCH3 is 1. The van der Waals surface area contributed by atoms with Crippen LogP contribution in [0.1, 0.15) is 6.42 Å². The average Bonchev–Trinajstić information content (AvgIpc) is 3.25. The summed E-state index contributed by atoms with van der Waals surface area (Å²) in [5, 5.41) is 0. The molecule has 1 saturated carbocycles. The molecule has 7 nitrogen and oxygen atoms in total. The van der Waals surface area contributed by atoms with Crippen molar-refractivity contribution in [3.63, 3.8) is 0 Å². The lowest BCUT2D eigenvalue weighted by Crippen LogP contribution is -2.62. The first-order valence-corrected chi connectivity index (χ1v) is 8.99. The number of sulfonamides is 1. The lowest BCUT2D eigenvalue weighted by Gasteiger charge is -2.42. The van der Waals surface area contributed by atoms with Crippen LogP contribution in [-0.4, -0.2) is 55.7 Å². The number of ether oxygens (including phenoxy) is 1. The lowest BCUT2D eigenvalue weighted by atomic mass is 10.1. The van der Waals surface area contributed by atoms with E-state index in [0.717, 1.165) is 16.4 Å². The molecule has 2 unspecified atom stereocenters. The van der Waals surface area contributed by atoms with Crippen molar-refractivity contribution in [2.24, 2.45) is 11.8 Å². The van der Waals surface area contributed by atoms with Crippen molar-refractivity contribution in [2.45, 2.75) is 17.4 Å². The molecule has 1 aromatic rings. The quantitative estimate of drug-likeness (QED) is 0.722. The number of benzene rings is 1. The van der Waals surface area contributed by atoms with Crippen molar-refractivity contribution in [1.29, 1.82) is 0 Å². The van der Waals surface area contributed by atoms with Gasteiger partial charge in [-0.05, 0) is 24.6 Å². The van der Waals surface area contributed by atoms with Crippen LogP contribution in [0.2, 0.25) is 0 Å². The molecule has 1 aliphatic carbocycles. The van der Waals surface area contributed by atoms with E-state index in [4.69, 9.17) is 4.74 Å². The van der Waals surface area contributed by atoms with Gasteiger partial charge < -0.3 is 4.74 Å². The number of piperidine rings is 1. The Bertz CT molecular complexity index is 829. The zero-order valence-corrected chi connectivity index (χ0v) is 13.6. The van der Waals surface area contributed by atoms with E-state index < -0.39 is 21.9 Å². The molecule has 24 heavy (non-hydrogen) atoms. The number of nitrogens with zero attached hydrogens (tertiary/aromatic N) is 2. The molecule has 2 aliphatic heterocycles. The van der Waals surface area contributed by atoms with Crippen LogP contribution in [0.3, 0.4) is 0 Å². The second-order valence-electron chi connectivity index (χ2n) is 6.27. The minimum atomic E-state index is -3.95. The summed E-state index contributed by atoms with van der Waals surface area (Å²) in [6.07, 6.45) is 0.614. The molecular formula is C15H15FN2O5S. The van der Waals surface area contributed by atoms with E-state index in [-0.39, 0.29) is 47.4 Å². The Labute approximate surface area is 138 Å². The van der Waals surface area contributed by atoms with Crippen LogP contribution in [-0.2, 0) is 19.6 Å². The van der Waals surface area contributed by atoms with Gasteiger partial charge >= 0.3 is 0 Å². The van der Waals surface area contributed by atoms with Crippen molar-refractivity contribution >= 4 is 21.8 Å². The molecule has 4 rings (SSSR count). The van der Waals surface area contributed by atoms with E-state index in [9.17, 15) is 22.4 Å². The highest BCUT2D eigenvalue weighted by Gasteiger charge is 2.61. The number of carbonyl (C=O) groups is 2. The average molecular weight is 354 g/mol. The molecule has 3 fully saturated rings. The van der Waals surface area contributed by atoms with Crippen LogP contribution in [0.4, 0.5) is 4.39 Å². The topological polar surface area (TPSA) is 84.0 Å². The van der Waals surface area contributed by atoms with E-state index >= 15 is 0 Å². The highest BCUT2D eigenvalue weighted by Crippen LogP contribution is 2.48. The van der Waals surface area contributed by atoms with E-state index in [1.165, 1.54) is 18.1 Å². The normalized spacial score (nSPS) is 27.2. The molecule has 2 saturated heterocycles. The van der Waals surface area contributed by atoms with Gasteiger partial charge in [0.25, 0.3) is 0 Å². The van der Waals surface area contributed by atoms with Crippen LogP contribution in [0.15, 0.2) is 23.1 Å². The molecule has 1 aromatic carbocycles. The number of halogens is 1.